The molecule has 0 aromatic rings. The van der Waals surface area contributed by atoms with Crippen LogP contribution >= 0.6 is 0 Å². The van der Waals surface area contributed by atoms with Gasteiger partial charge in [0.2, 0.25) is 0 Å². The van der Waals surface area contributed by atoms with Gasteiger partial charge in [-0.1, -0.05) is 0 Å². The van der Waals surface area contributed by atoms with Crippen LogP contribution in [0.2, 0.25) is 0 Å². The standard InChI is InChI=1S/C5H13NO2.C4H11NO2/c1-6(2-4-7)3-5-8;6-3-1-5-2-4-7/h7-8H,2-5H2,1H3;5-7H,1-4H2. The Hall–Kier alpha value is -0.240. The van der Waals surface area contributed by atoms with Gasteiger partial charge in [-0.3, -0.25) is 0 Å². The normalized spacial score (nSPS) is 10.0. The van der Waals surface area contributed by atoms with Gasteiger partial charge < -0.3 is 30.6 Å². The lowest BCUT2D eigenvalue weighted by Gasteiger charge is -2.11. The van der Waals surface area contributed by atoms with Crippen molar-refractivity contribution in [1.29, 1.82) is 0 Å². The molecule has 0 heterocycles. The minimum atomic E-state index is 0.139. The Morgan fingerprint density at radius 2 is 1.20 bits per heavy atom. The Bertz CT molecular complexity index is 96.1. The summed E-state index contributed by atoms with van der Waals surface area (Å²) >= 11 is 0. The maximum atomic E-state index is 8.34. The second-order valence-corrected chi connectivity index (χ2v) is 2.95. The third-order valence-corrected chi connectivity index (χ3v) is 1.54. The molecule has 0 aromatic heterocycles. The van der Waals surface area contributed by atoms with Crippen molar-refractivity contribution in [2.45, 2.75) is 0 Å². The van der Waals surface area contributed by atoms with E-state index in [4.69, 9.17) is 20.4 Å². The SMILES string of the molecule is CN(CCO)CCO.OCCNCCO. The van der Waals surface area contributed by atoms with E-state index in [0.717, 1.165) is 0 Å². The van der Waals surface area contributed by atoms with Crippen LogP contribution in [0.1, 0.15) is 0 Å². The molecule has 0 saturated heterocycles. The van der Waals surface area contributed by atoms with Gasteiger partial charge in [-0.05, 0) is 7.05 Å². The van der Waals surface area contributed by atoms with Crippen LogP contribution in [0.4, 0.5) is 0 Å². The molecule has 0 rings (SSSR count). The van der Waals surface area contributed by atoms with Gasteiger partial charge in [-0.25, -0.2) is 0 Å². The first kappa shape index (κ1) is 17.2. The fourth-order valence-electron chi connectivity index (χ4n) is 0.736. The first-order valence-corrected chi connectivity index (χ1v) is 5.05. The highest BCUT2D eigenvalue weighted by atomic mass is 16.3. The summed E-state index contributed by atoms with van der Waals surface area (Å²) in [6.07, 6.45) is 0. The fourth-order valence-corrected chi connectivity index (χ4v) is 0.736. The molecule has 0 amide bonds. The van der Waals surface area contributed by atoms with Crippen LogP contribution in [0.15, 0.2) is 0 Å². The van der Waals surface area contributed by atoms with Gasteiger partial charge in [-0.15, -0.1) is 0 Å². The first-order valence-electron chi connectivity index (χ1n) is 5.05. The molecule has 0 fully saturated rings. The number of rotatable bonds is 8. The van der Waals surface area contributed by atoms with Gasteiger partial charge >= 0.3 is 0 Å². The van der Waals surface area contributed by atoms with Gasteiger partial charge in [0, 0.05) is 26.2 Å². The van der Waals surface area contributed by atoms with Crippen molar-refractivity contribution in [2.75, 3.05) is 59.7 Å². The monoisotopic (exact) mass is 224 g/mol. The molecule has 0 aliphatic heterocycles. The van der Waals surface area contributed by atoms with Crippen LogP contribution in [0, 0.1) is 0 Å². The van der Waals surface area contributed by atoms with Gasteiger partial charge in [0.15, 0.2) is 0 Å². The van der Waals surface area contributed by atoms with E-state index < -0.39 is 0 Å². The number of hydrogen-bond donors (Lipinski definition) is 5. The molecule has 94 valence electrons. The molecular weight excluding hydrogens is 200 g/mol. The molecule has 0 unspecified atom stereocenters. The molecule has 15 heavy (non-hydrogen) atoms. The highest BCUT2D eigenvalue weighted by Gasteiger charge is 1.91. The highest BCUT2D eigenvalue weighted by molar-refractivity contribution is 4.45. The molecule has 6 heteroatoms. The van der Waals surface area contributed by atoms with E-state index in [9.17, 15) is 0 Å². The summed E-state index contributed by atoms with van der Waals surface area (Å²) in [6.45, 7) is 3.02. The second kappa shape index (κ2) is 16.2. The van der Waals surface area contributed by atoms with Gasteiger partial charge in [0.25, 0.3) is 0 Å². The van der Waals surface area contributed by atoms with Crippen molar-refractivity contribution in [2.24, 2.45) is 0 Å². The zero-order chi connectivity index (χ0) is 11.9. The van der Waals surface area contributed by atoms with E-state index in [0.29, 0.717) is 26.2 Å². The lowest BCUT2D eigenvalue weighted by atomic mass is 10.5. The Morgan fingerprint density at radius 3 is 1.47 bits per heavy atom. The lowest BCUT2D eigenvalue weighted by Crippen LogP contribution is -2.25. The number of aliphatic hydroxyl groups excluding tert-OH is 4. The van der Waals surface area contributed by atoms with Crippen molar-refractivity contribution in [3.8, 4) is 0 Å². The Labute approximate surface area is 91.2 Å². The smallest absolute Gasteiger partial charge is 0.0558 e. The Morgan fingerprint density at radius 1 is 0.800 bits per heavy atom. The van der Waals surface area contributed by atoms with Gasteiger partial charge in [0.05, 0.1) is 26.4 Å². The summed E-state index contributed by atoms with van der Waals surface area (Å²) in [4.78, 5) is 1.86. The van der Waals surface area contributed by atoms with E-state index in [1.165, 1.54) is 0 Å². The average Bonchev–Trinajstić information content (AvgIpc) is 2.20. The zero-order valence-corrected chi connectivity index (χ0v) is 9.39. The number of nitrogens with zero attached hydrogens (tertiary/aromatic N) is 1. The van der Waals surface area contributed by atoms with Crippen molar-refractivity contribution >= 4 is 0 Å². The molecule has 0 spiro atoms. The summed E-state index contributed by atoms with van der Waals surface area (Å²) in [6, 6.07) is 0. The molecule has 0 saturated carbocycles. The van der Waals surface area contributed by atoms with Crippen molar-refractivity contribution < 1.29 is 20.4 Å². The number of likely N-dealkylation sites (N-methyl/N-ethyl adjacent to an activating group) is 1. The fraction of sp³-hybridized carbons (Fsp3) is 1.00. The van der Waals surface area contributed by atoms with Crippen LogP contribution in [0.3, 0.4) is 0 Å². The Balaban J connectivity index is 0. The van der Waals surface area contributed by atoms with Crippen LogP contribution in [-0.4, -0.2) is 85.0 Å². The van der Waals surface area contributed by atoms with Crippen LogP contribution < -0.4 is 5.32 Å². The largest absolute Gasteiger partial charge is 0.395 e. The van der Waals surface area contributed by atoms with Crippen molar-refractivity contribution in [3.05, 3.63) is 0 Å². The average molecular weight is 224 g/mol. The summed E-state index contributed by atoms with van der Waals surface area (Å²) in [5.41, 5.74) is 0. The highest BCUT2D eigenvalue weighted by Crippen LogP contribution is 1.76. The van der Waals surface area contributed by atoms with E-state index in [2.05, 4.69) is 5.32 Å². The number of hydrogen-bond acceptors (Lipinski definition) is 6. The number of aliphatic hydroxyl groups is 4. The summed E-state index contributed by atoms with van der Waals surface area (Å²) in [7, 11) is 1.85. The molecule has 0 atom stereocenters. The first-order chi connectivity index (χ1) is 7.22. The predicted octanol–water partition coefficient (Wildman–Crippen LogP) is -2.54. The van der Waals surface area contributed by atoms with Crippen LogP contribution in [-0.2, 0) is 0 Å². The van der Waals surface area contributed by atoms with E-state index >= 15 is 0 Å². The second-order valence-electron chi connectivity index (χ2n) is 2.95. The van der Waals surface area contributed by atoms with Crippen LogP contribution in [0.5, 0.6) is 0 Å². The van der Waals surface area contributed by atoms with Crippen molar-refractivity contribution in [3.63, 3.8) is 0 Å². The van der Waals surface area contributed by atoms with Crippen LogP contribution in [0.25, 0.3) is 0 Å². The quantitative estimate of drug-likeness (QED) is 0.292. The zero-order valence-electron chi connectivity index (χ0n) is 9.39. The number of nitrogens with one attached hydrogen (secondary N) is 1. The molecule has 6 nitrogen and oxygen atoms in total. The molecule has 0 aromatic carbocycles. The maximum Gasteiger partial charge on any atom is 0.0558 e. The molecule has 0 aliphatic carbocycles. The van der Waals surface area contributed by atoms with E-state index in [-0.39, 0.29) is 26.4 Å². The van der Waals surface area contributed by atoms with Crippen molar-refractivity contribution in [1.82, 2.24) is 10.2 Å². The Kier molecular flexibility index (Phi) is 18.5. The minimum absolute atomic E-state index is 0.139. The maximum absolute atomic E-state index is 8.34. The third-order valence-electron chi connectivity index (χ3n) is 1.54. The molecule has 0 bridgehead atoms. The summed E-state index contributed by atoms with van der Waals surface area (Å²) in [5.74, 6) is 0. The summed E-state index contributed by atoms with van der Waals surface area (Å²) in [5, 5.41) is 35.8. The van der Waals surface area contributed by atoms with Gasteiger partial charge in [0.1, 0.15) is 0 Å². The van der Waals surface area contributed by atoms with E-state index in [1.54, 1.807) is 0 Å². The summed E-state index contributed by atoms with van der Waals surface area (Å²) < 4.78 is 0. The minimum Gasteiger partial charge on any atom is -0.395 e. The molecular formula is C9H24N2O4. The third kappa shape index (κ3) is 20.0. The molecule has 0 aliphatic rings. The van der Waals surface area contributed by atoms with Gasteiger partial charge in [-0.2, -0.15) is 0 Å². The predicted molar refractivity (Wildman–Crippen MR) is 58.7 cm³/mol. The lowest BCUT2D eigenvalue weighted by molar-refractivity contribution is 0.184. The molecule has 0 radical (unpaired) electrons. The van der Waals surface area contributed by atoms with E-state index in [1.807, 2.05) is 11.9 Å². The topological polar surface area (TPSA) is 96.2 Å². The molecule has 5 N–H and O–H groups in total.